The minimum absolute atomic E-state index is 0.0497. The van der Waals surface area contributed by atoms with E-state index in [0.29, 0.717) is 13.2 Å². The number of benzene rings is 1. The van der Waals surface area contributed by atoms with Crippen molar-refractivity contribution in [1.29, 1.82) is 0 Å². The summed E-state index contributed by atoms with van der Waals surface area (Å²) >= 11 is 0. The van der Waals surface area contributed by atoms with E-state index >= 15 is 0 Å². The van der Waals surface area contributed by atoms with Gasteiger partial charge in [0.1, 0.15) is 5.92 Å². The maximum absolute atomic E-state index is 13.5. The van der Waals surface area contributed by atoms with Crippen molar-refractivity contribution in [1.82, 2.24) is 9.88 Å². The van der Waals surface area contributed by atoms with Gasteiger partial charge in [0.05, 0.1) is 23.5 Å². The summed E-state index contributed by atoms with van der Waals surface area (Å²) in [6.45, 7) is 5.23. The molecule has 0 bridgehead atoms. The number of pyridine rings is 1. The second kappa shape index (κ2) is 6.34. The number of fused-ring (bicyclic) bond motifs is 5. The Labute approximate surface area is 159 Å². The molecular formula is C22H24N2O3. The van der Waals surface area contributed by atoms with Crippen molar-refractivity contribution in [2.24, 2.45) is 11.8 Å². The van der Waals surface area contributed by atoms with Crippen LogP contribution in [0, 0.1) is 11.8 Å². The number of rotatable bonds is 3. The molecular weight excluding hydrogens is 340 g/mol. The molecule has 4 atom stereocenters. The van der Waals surface area contributed by atoms with Gasteiger partial charge < -0.3 is 14.4 Å². The van der Waals surface area contributed by atoms with E-state index in [2.05, 4.69) is 19.1 Å². The van der Waals surface area contributed by atoms with Crippen molar-refractivity contribution < 1.29 is 14.3 Å². The van der Waals surface area contributed by atoms with Crippen molar-refractivity contribution >= 4 is 16.8 Å². The molecule has 140 valence electrons. The van der Waals surface area contributed by atoms with E-state index < -0.39 is 6.29 Å². The first-order chi connectivity index (χ1) is 13.2. The van der Waals surface area contributed by atoms with Gasteiger partial charge in [-0.25, -0.2) is 0 Å². The molecule has 1 aromatic carbocycles. The monoisotopic (exact) mass is 364 g/mol. The fourth-order valence-electron chi connectivity index (χ4n) is 4.92. The maximum Gasteiger partial charge on any atom is 0.233 e. The fourth-order valence-corrected chi connectivity index (χ4v) is 4.92. The molecule has 5 heteroatoms. The number of hydrogen-bond acceptors (Lipinski definition) is 4. The molecule has 1 saturated heterocycles. The number of hydrogen-bond donors (Lipinski definition) is 0. The van der Waals surface area contributed by atoms with E-state index in [1.807, 2.05) is 36.3 Å². The lowest BCUT2D eigenvalue weighted by Gasteiger charge is -2.45. The number of nitrogens with zero attached hydrogens (tertiary/aromatic N) is 2. The van der Waals surface area contributed by atoms with Crippen LogP contribution in [0.1, 0.15) is 44.0 Å². The van der Waals surface area contributed by atoms with Gasteiger partial charge in [-0.2, -0.15) is 0 Å². The second-order valence-electron chi connectivity index (χ2n) is 7.58. The summed E-state index contributed by atoms with van der Waals surface area (Å²) in [7, 11) is 0. The van der Waals surface area contributed by atoms with Gasteiger partial charge in [0.2, 0.25) is 12.2 Å². The van der Waals surface area contributed by atoms with Gasteiger partial charge >= 0.3 is 0 Å². The molecule has 2 aromatic rings. The van der Waals surface area contributed by atoms with Crippen molar-refractivity contribution in [2.45, 2.75) is 45.6 Å². The van der Waals surface area contributed by atoms with Crippen molar-refractivity contribution in [3.8, 4) is 0 Å². The van der Waals surface area contributed by atoms with E-state index in [1.54, 1.807) is 0 Å². The Morgan fingerprint density at radius 1 is 1.30 bits per heavy atom. The SMILES string of the molecule is CCO[C@@H]1OC=C(CC)[C@H]2C[C@H]3c4nc5ccccc5cc4CN3C(=O)[C@@H]12. The second-order valence-corrected chi connectivity index (χ2v) is 7.58. The average Bonchev–Trinajstić information content (AvgIpc) is 3.04. The molecule has 0 spiro atoms. The molecule has 27 heavy (non-hydrogen) atoms. The minimum Gasteiger partial charge on any atom is -0.472 e. The van der Waals surface area contributed by atoms with Crippen LogP contribution in [-0.4, -0.2) is 28.7 Å². The standard InChI is InChI=1S/C22H24N2O3/c1-3-13-12-27-22(26-4-2)19-16(13)10-18-20-15(11-24(18)21(19)25)9-14-7-5-6-8-17(14)23-20/h5-9,12,16,18-19,22H,3-4,10-11H2,1-2H3/t16-,18+,19+,22-/m1/s1. The van der Waals surface area contributed by atoms with Crippen LogP contribution in [-0.2, 0) is 20.8 Å². The number of ether oxygens (including phenoxy) is 2. The first-order valence-electron chi connectivity index (χ1n) is 9.86. The Morgan fingerprint density at radius 2 is 2.15 bits per heavy atom. The lowest BCUT2D eigenvalue weighted by molar-refractivity contribution is -0.188. The van der Waals surface area contributed by atoms with E-state index in [4.69, 9.17) is 14.5 Å². The smallest absolute Gasteiger partial charge is 0.233 e. The Kier molecular flexibility index (Phi) is 3.93. The largest absolute Gasteiger partial charge is 0.472 e. The third-order valence-corrected chi connectivity index (χ3v) is 6.21. The average molecular weight is 364 g/mol. The minimum atomic E-state index is -0.487. The Morgan fingerprint density at radius 3 is 2.96 bits per heavy atom. The molecule has 1 amide bonds. The molecule has 3 aliphatic heterocycles. The molecule has 5 rings (SSSR count). The number of carbonyl (C=O) groups excluding carboxylic acids is 1. The number of piperidine rings is 1. The lowest BCUT2D eigenvalue weighted by Crippen LogP contribution is -2.52. The fraction of sp³-hybridized carbons (Fsp3) is 0.455. The Hall–Kier alpha value is -2.40. The highest BCUT2D eigenvalue weighted by atomic mass is 16.7. The zero-order valence-corrected chi connectivity index (χ0v) is 15.7. The van der Waals surface area contributed by atoms with Crippen LogP contribution in [0.3, 0.4) is 0 Å². The first kappa shape index (κ1) is 16.8. The van der Waals surface area contributed by atoms with E-state index in [1.165, 1.54) is 11.1 Å². The number of carbonyl (C=O) groups is 1. The maximum atomic E-state index is 13.5. The number of amides is 1. The first-order valence-corrected chi connectivity index (χ1v) is 9.86. The predicted molar refractivity (Wildman–Crippen MR) is 102 cm³/mol. The molecule has 5 nitrogen and oxygen atoms in total. The van der Waals surface area contributed by atoms with Crippen LogP contribution >= 0.6 is 0 Å². The van der Waals surface area contributed by atoms with Gasteiger partial charge in [0.15, 0.2) is 0 Å². The zero-order chi connectivity index (χ0) is 18.5. The van der Waals surface area contributed by atoms with Crippen LogP contribution in [0.2, 0.25) is 0 Å². The van der Waals surface area contributed by atoms with Crippen molar-refractivity contribution in [3.05, 3.63) is 53.4 Å². The number of aromatic nitrogens is 1. The summed E-state index contributed by atoms with van der Waals surface area (Å²) in [5, 5.41) is 1.13. The molecule has 1 fully saturated rings. The summed E-state index contributed by atoms with van der Waals surface area (Å²) in [4.78, 5) is 20.4. The van der Waals surface area contributed by atoms with Gasteiger partial charge in [0.25, 0.3) is 0 Å². The topological polar surface area (TPSA) is 51.7 Å². The van der Waals surface area contributed by atoms with Crippen LogP contribution in [0.15, 0.2) is 42.2 Å². The van der Waals surface area contributed by atoms with Crippen molar-refractivity contribution in [3.63, 3.8) is 0 Å². The Bertz CT molecular complexity index is 938. The third-order valence-electron chi connectivity index (χ3n) is 6.21. The molecule has 0 saturated carbocycles. The molecule has 0 aliphatic carbocycles. The molecule has 0 radical (unpaired) electrons. The van der Waals surface area contributed by atoms with E-state index in [-0.39, 0.29) is 23.8 Å². The van der Waals surface area contributed by atoms with Gasteiger partial charge in [-0.3, -0.25) is 9.78 Å². The van der Waals surface area contributed by atoms with Gasteiger partial charge in [0, 0.05) is 24.5 Å². The lowest BCUT2D eigenvalue weighted by atomic mass is 9.75. The summed E-state index contributed by atoms with van der Waals surface area (Å²) in [5.41, 5.74) is 4.44. The molecule has 0 unspecified atom stereocenters. The van der Waals surface area contributed by atoms with Crippen LogP contribution < -0.4 is 0 Å². The van der Waals surface area contributed by atoms with Crippen molar-refractivity contribution in [2.75, 3.05) is 6.61 Å². The third kappa shape index (κ3) is 2.48. The van der Waals surface area contributed by atoms with Gasteiger partial charge in [-0.05, 0) is 43.0 Å². The molecule has 1 aromatic heterocycles. The summed E-state index contributed by atoms with van der Waals surface area (Å²) in [6, 6.07) is 10.4. The quantitative estimate of drug-likeness (QED) is 0.828. The number of allylic oxidation sites excluding steroid dienone is 1. The normalized spacial score (nSPS) is 29.0. The van der Waals surface area contributed by atoms with Crippen LogP contribution in [0.5, 0.6) is 0 Å². The number of para-hydroxylation sites is 1. The van der Waals surface area contributed by atoms with E-state index in [0.717, 1.165) is 29.4 Å². The van der Waals surface area contributed by atoms with E-state index in [9.17, 15) is 4.79 Å². The highest BCUT2D eigenvalue weighted by Crippen LogP contribution is 2.49. The molecule has 3 aliphatic rings. The highest BCUT2D eigenvalue weighted by Gasteiger charge is 2.52. The summed E-state index contributed by atoms with van der Waals surface area (Å²) < 4.78 is 11.6. The van der Waals surface area contributed by atoms with Crippen LogP contribution in [0.4, 0.5) is 0 Å². The van der Waals surface area contributed by atoms with Gasteiger partial charge in [-0.1, -0.05) is 25.1 Å². The summed E-state index contributed by atoms with van der Waals surface area (Å²) in [5.74, 6) is 0.0361. The van der Waals surface area contributed by atoms with Crippen LogP contribution in [0.25, 0.3) is 10.9 Å². The Balaban J connectivity index is 1.56. The van der Waals surface area contributed by atoms with Gasteiger partial charge in [-0.15, -0.1) is 0 Å². The molecule has 0 N–H and O–H groups in total. The molecule has 4 heterocycles. The highest BCUT2D eigenvalue weighted by molar-refractivity contribution is 5.84. The predicted octanol–water partition coefficient (Wildman–Crippen LogP) is 3.94. The summed E-state index contributed by atoms with van der Waals surface area (Å²) in [6.07, 6.45) is 3.12. The zero-order valence-electron chi connectivity index (χ0n) is 15.7.